The zero-order valence-electron chi connectivity index (χ0n) is 8.73. The fourth-order valence-electron chi connectivity index (χ4n) is 1.75. The van der Waals surface area contributed by atoms with Gasteiger partial charge in [-0.05, 0) is 20.4 Å². The molecule has 0 aromatic heterocycles. The Hall–Kier alpha value is -0.170. The van der Waals surface area contributed by atoms with E-state index < -0.39 is 10.0 Å². The van der Waals surface area contributed by atoms with Crippen LogP contribution in [0, 0.1) is 0 Å². The highest BCUT2D eigenvalue weighted by Gasteiger charge is 2.25. The number of hydrogen-bond donors (Lipinski definition) is 2. The summed E-state index contributed by atoms with van der Waals surface area (Å²) < 4.78 is 21.3. The van der Waals surface area contributed by atoms with Crippen LogP contribution in [0.25, 0.3) is 0 Å². The molecule has 0 bridgehead atoms. The van der Waals surface area contributed by atoms with Gasteiger partial charge in [-0.3, -0.25) is 0 Å². The minimum atomic E-state index is -3.32. The van der Waals surface area contributed by atoms with Gasteiger partial charge in [-0.25, -0.2) is 13.6 Å². The summed E-state index contributed by atoms with van der Waals surface area (Å²) >= 11 is 0. The summed E-state index contributed by atoms with van der Waals surface area (Å²) in [4.78, 5) is 2.26. The molecule has 2 unspecified atom stereocenters. The molecule has 0 radical (unpaired) electrons. The lowest BCUT2D eigenvalue weighted by atomic mass is 10.2. The third-order valence-corrected chi connectivity index (χ3v) is 3.48. The first-order valence-electron chi connectivity index (χ1n) is 4.82. The van der Waals surface area contributed by atoms with E-state index in [0.29, 0.717) is 18.6 Å². The Balaban J connectivity index is 2.21. The second kappa shape index (κ2) is 4.57. The fraction of sp³-hybridized carbons (Fsp3) is 1.00. The molecule has 1 saturated heterocycles. The molecule has 6 heteroatoms. The van der Waals surface area contributed by atoms with E-state index in [1.165, 1.54) is 0 Å². The van der Waals surface area contributed by atoms with E-state index in [4.69, 9.17) is 5.14 Å². The third-order valence-electron chi connectivity index (χ3n) is 2.71. The van der Waals surface area contributed by atoms with Gasteiger partial charge in [-0.2, -0.15) is 0 Å². The van der Waals surface area contributed by atoms with Crippen LogP contribution in [0.3, 0.4) is 0 Å². The molecule has 84 valence electrons. The van der Waals surface area contributed by atoms with Crippen molar-refractivity contribution in [3.8, 4) is 0 Å². The van der Waals surface area contributed by atoms with E-state index in [1.807, 2.05) is 0 Å². The number of hydrogen-bond acceptors (Lipinski definition) is 4. The number of primary sulfonamides is 1. The molecule has 0 aromatic carbocycles. The van der Waals surface area contributed by atoms with Gasteiger partial charge in [0.1, 0.15) is 0 Å². The molecule has 0 aromatic rings. The molecule has 2 atom stereocenters. The summed E-state index contributed by atoms with van der Waals surface area (Å²) in [5.41, 5.74) is 0. The third kappa shape index (κ3) is 3.91. The molecule has 1 aliphatic rings. The van der Waals surface area contributed by atoms with E-state index in [-0.39, 0.29) is 5.75 Å². The van der Waals surface area contributed by atoms with Gasteiger partial charge in [-0.15, -0.1) is 0 Å². The van der Waals surface area contributed by atoms with E-state index >= 15 is 0 Å². The number of nitrogens with zero attached hydrogens (tertiary/aromatic N) is 1. The molecule has 14 heavy (non-hydrogen) atoms. The Kier molecular flexibility index (Phi) is 3.88. The van der Waals surface area contributed by atoms with Gasteiger partial charge in [0.15, 0.2) is 0 Å². The highest BCUT2D eigenvalue weighted by atomic mass is 32.2. The molecule has 1 heterocycles. The lowest BCUT2D eigenvalue weighted by Gasteiger charge is -2.13. The van der Waals surface area contributed by atoms with Gasteiger partial charge >= 0.3 is 0 Å². The second-order valence-corrected chi connectivity index (χ2v) is 5.78. The van der Waals surface area contributed by atoms with Gasteiger partial charge in [0.05, 0.1) is 5.75 Å². The zero-order chi connectivity index (χ0) is 10.8. The maximum absolute atomic E-state index is 10.7. The normalized spacial score (nSPS) is 29.6. The van der Waals surface area contributed by atoms with E-state index in [9.17, 15) is 8.42 Å². The molecule has 3 N–H and O–H groups in total. The molecule has 5 nitrogen and oxygen atoms in total. The molecule has 1 rings (SSSR count). The summed E-state index contributed by atoms with van der Waals surface area (Å²) in [6.45, 7) is 3.59. The Bertz CT molecular complexity index is 268. The van der Waals surface area contributed by atoms with Gasteiger partial charge in [0, 0.05) is 25.2 Å². The summed E-state index contributed by atoms with van der Waals surface area (Å²) in [5.74, 6) is 0.0155. The largest absolute Gasteiger partial charge is 0.312 e. The van der Waals surface area contributed by atoms with Crippen LogP contribution in [0.1, 0.15) is 13.3 Å². The molecule has 0 aliphatic carbocycles. The van der Waals surface area contributed by atoms with Crippen LogP contribution in [0.2, 0.25) is 0 Å². The van der Waals surface area contributed by atoms with Crippen LogP contribution in [0.15, 0.2) is 0 Å². The lowest BCUT2D eigenvalue weighted by Crippen LogP contribution is -2.36. The number of likely N-dealkylation sites (tertiary alicyclic amines) is 1. The minimum Gasteiger partial charge on any atom is -0.312 e. The van der Waals surface area contributed by atoms with Gasteiger partial charge in [-0.1, -0.05) is 0 Å². The van der Waals surface area contributed by atoms with E-state index in [0.717, 1.165) is 13.0 Å². The highest BCUT2D eigenvalue weighted by Crippen LogP contribution is 2.14. The smallest absolute Gasteiger partial charge is 0.210 e. The molecule has 1 fully saturated rings. The average molecular weight is 221 g/mol. The quantitative estimate of drug-likeness (QED) is 0.635. The summed E-state index contributed by atoms with van der Waals surface area (Å²) in [6.07, 6.45) is 1.07. The molecular formula is C8H19N3O2S. The van der Waals surface area contributed by atoms with Crippen LogP contribution in [-0.2, 0) is 10.0 Å². The van der Waals surface area contributed by atoms with Crippen LogP contribution in [0.5, 0.6) is 0 Å². The van der Waals surface area contributed by atoms with Gasteiger partial charge < -0.3 is 10.2 Å². The Morgan fingerprint density at radius 1 is 1.57 bits per heavy atom. The van der Waals surface area contributed by atoms with Crippen molar-refractivity contribution >= 4 is 10.0 Å². The van der Waals surface area contributed by atoms with Crippen molar-refractivity contribution in [2.75, 3.05) is 25.9 Å². The standard InChI is InChI=1S/C8H19N3O2S/c1-7-5-8(6-11(7)2)10-3-4-14(9,12)13/h7-8,10H,3-6H2,1-2H3,(H2,9,12,13). The average Bonchev–Trinajstić information content (AvgIpc) is 2.28. The van der Waals surface area contributed by atoms with Crippen molar-refractivity contribution in [1.82, 2.24) is 10.2 Å². The molecule has 0 saturated carbocycles. The van der Waals surface area contributed by atoms with Gasteiger partial charge in [0.2, 0.25) is 10.0 Å². The first-order chi connectivity index (χ1) is 6.38. The molecular weight excluding hydrogens is 202 g/mol. The van der Waals surface area contributed by atoms with Crippen molar-refractivity contribution in [2.45, 2.75) is 25.4 Å². The molecule has 0 spiro atoms. The Labute approximate surface area is 85.7 Å². The Morgan fingerprint density at radius 2 is 2.21 bits per heavy atom. The molecule has 1 aliphatic heterocycles. The molecule has 0 amide bonds. The maximum Gasteiger partial charge on any atom is 0.210 e. The van der Waals surface area contributed by atoms with Crippen molar-refractivity contribution < 1.29 is 8.42 Å². The van der Waals surface area contributed by atoms with Crippen LogP contribution in [0.4, 0.5) is 0 Å². The zero-order valence-corrected chi connectivity index (χ0v) is 9.55. The van der Waals surface area contributed by atoms with E-state index in [2.05, 4.69) is 24.2 Å². The van der Waals surface area contributed by atoms with Crippen LogP contribution < -0.4 is 10.5 Å². The number of nitrogens with two attached hydrogens (primary N) is 1. The topological polar surface area (TPSA) is 75.4 Å². The van der Waals surface area contributed by atoms with Crippen molar-refractivity contribution in [2.24, 2.45) is 5.14 Å². The predicted octanol–water partition coefficient (Wildman–Crippen LogP) is -1.04. The van der Waals surface area contributed by atoms with Crippen molar-refractivity contribution in [3.63, 3.8) is 0 Å². The van der Waals surface area contributed by atoms with Gasteiger partial charge in [0.25, 0.3) is 0 Å². The second-order valence-electron chi connectivity index (χ2n) is 4.04. The summed E-state index contributed by atoms with van der Waals surface area (Å²) in [7, 11) is -1.24. The first kappa shape index (κ1) is 11.9. The number of nitrogens with one attached hydrogen (secondary N) is 1. The predicted molar refractivity (Wildman–Crippen MR) is 56.5 cm³/mol. The number of rotatable bonds is 4. The fourth-order valence-corrected chi connectivity index (χ4v) is 2.15. The number of sulfonamides is 1. The summed E-state index contributed by atoms with van der Waals surface area (Å²) in [6, 6.07) is 0.971. The minimum absolute atomic E-state index is 0.0155. The van der Waals surface area contributed by atoms with Crippen molar-refractivity contribution in [1.29, 1.82) is 0 Å². The monoisotopic (exact) mass is 221 g/mol. The van der Waals surface area contributed by atoms with Crippen LogP contribution >= 0.6 is 0 Å². The SMILES string of the molecule is CC1CC(NCCS(N)(=O)=O)CN1C. The van der Waals surface area contributed by atoms with Crippen molar-refractivity contribution in [3.05, 3.63) is 0 Å². The highest BCUT2D eigenvalue weighted by molar-refractivity contribution is 7.89. The maximum atomic E-state index is 10.7. The first-order valence-corrected chi connectivity index (χ1v) is 6.54. The lowest BCUT2D eigenvalue weighted by molar-refractivity contribution is 0.327. The summed E-state index contributed by atoms with van der Waals surface area (Å²) in [5, 5.41) is 8.09. The Morgan fingerprint density at radius 3 is 2.64 bits per heavy atom. The van der Waals surface area contributed by atoms with E-state index in [1.54, 1.807) is 0 Å². The van der Waals surface area contributed by atoms with Crippen LogP contribution in [-0.4, -0.2) is 51.3 Å². The number of likely N-dealkylation sites (N-methyl/N-ethyl adjacent to an activating group) is 1.